The lowest BCUT2D eigenvalue weighted by atomic mass is 9.88. The van der Waals surface area contributed by atoms with Gasteiger partial charge >= 0.3 is 0 Å². The van der Waals surface area contributed by atoms with Crippen LogP contribution in [-0.4, -0.2) is 75.9 Å². The summed E-state index contributed by atoms with van der Waals surface area (Å²) < 4.78 is 5.67. The number of ether oxygens (including phenoxy) is 1. The Morgan fingerprint density at radius 3 is 2.62 bits per heavy atom. The van der Waals surface area contributed by atoms with E-state index in [2.05, 4.69) is 63.5 Å². The molecule has 2 fully saturated rings. The molecule has 2 saturated heterocycles. The van der Waals surface area contributed by atoms with Gasteiger partial charge in [-0.1, -0.05) is 12.1 Å². The van der Waals surface area contributed by atoms with E-state index in [1.807, 2.05) is 7.05 Å². The number of nitrogens with one attached hydrogen (secondary N) is 2. The summed E-state index contributed by atoms with van der Waals surface area (Å²) in [6.07, 6.45) is 4.85. The van der Waals surface area contributed by atoms with Crippen molar-refractivity contribution < 1.29 is 4.74 Å². The Balaban J connectivity index is 1.50. The number of nitrogens with zero attached hydrogens (tertiary/aromatic N) is 3. The quantitative estimate of drug-likeness (QED) is 0.518. The van der Waals surface area contributed by atoms with E-state index in [-0.39, 0.29) is 5.54 Å². The fraction of sp³-hybridized carbons (Fsp3) is 0.696. The van der Waals surface area contributed by atoms with Crippen molar-refractivity contribution in [2.24, 2.45) is 4.99 Å². The van der Waals surface area contributed by atoms with Crippen LogP contribution in [0.4, 0.5) is 5.69 Å². The zero-order valence-electron chi connectivity index (χ0n) is 18.5. The van der Waals surface area contributed by atoms with Crippen molar-refractivity contribution >= 4 is 11.6 Å². The van der Waals surface area contributed by atoms with Crippen molar-refractivity contribution in [2.45, 2.75) is 45.1 Å². The number of benzene rings is 1. The minimum Gasteiger partial charge on any atom is -0.381 e. The van der Waals surface area contributed by atoms with E-state index in [1.165, 1.54) is 37.2 Å². The number of likely N-dealkylation sites (tertiary alicyclic amines) is 1. The summed E-state index contributed by atoms with van der Waals surface area (Å²) in [5.41, 5.74) is 2.80. The van der Waals surface area contributed by atoms with Crippen molar-refractivity contribution in [1.29, 1.82) is 0 Å². The number of likely N-dealkylation sites (N-methyl/N-ethyl adjacent to an activating group) is 1. The molecule has 0 radical (unpaired) electrons. The van der Waals surface area contributed by atoms with Crippen LogP contribution < -0.4 is 15.5 Å². The summed E-state index contributed by atoms with van der Waals surface area (Å²) >= 11 is 0. The molecule has 2 N–H and O–H groups in total. The molecule has 2 heterocycles. The third-order valence-corrected chi connectivity index (χ3v) is 6.43. The van der Waals surface area contributed by atoms with E-state index < -0.39 is 0 Å². The van der Waals surface area contributed by atoms with Crippen LogP contribution in [0.2, 0.25) is 0 Å². The van der Waals surface area contributed by atoms with Gasteiger partial charge in [0.15, 0.2) is 5.96 Å². The number of hydrogen-bond acceptors (Lipinski definition) is 4. The van der Waals surface area contributed by atoms with E-state index in [1.54, 1.807) is 0 Å². The standard InChI is InChI=1S/C23H39N5O/c1-4-27(21-9-7-8-20(2)18-21)15-12-25-22(24-3)26-19-23(10-16-29-17-11-23)28-13-5-6-14-28/h7-9,18H,4-6,10-17,19H2,1-3H3,(H2,24,25,26). The van der Waals surface area contributed by atoms with Crippen LogP contribution in [0, 0.1) is 6.92 Å². The number of anilines is 1. The summed E-state index contributed by atoms with van der Waals surface area (Å²) in [5, 5.41) is 7.13. The van der Waals surface area contributed by atoms with Gasteiger partial charge in [0.05, 0.1) is 0 Å². The normalized spacial score (nSPS) is 19.9. The highest BCUT2D eigenvalue weighted by Crippen LogP contribution is 2.30. The van der Waals surface area contributed by atoms with E-state index in [0.717, 1.165) is 58.2 Å². The average Bonchev–Trinajstić information content (AvgIpc) is 3.30. The first-order valence-electron chi connectivity index (χ1n) is 11.3. The van der Waals surface area contributed by atoms with Crippen molar-refractivity contribution in [3.8, 4) is 0 Å². The molecule has 6 heteroatoms. The number of guanidine groups is 1. The fourth-order valence-corrected chi connectivity index (χ4v) is 4.62. The highest BCUT2D eigenvalue weighted by molar-refractivity contribution is 5.79. The van der Waals surface area contributed by atoms with Gasteiger partial charge in [-0.3, -0.25) is 9.89 Å². The SMILES string of the molecule is CCN(CCNC(=NC)NCC1(N2CCCC2)CCOCC1)c1cccc(C)c1. The molecule has 0 amide bonds. The van der Waals surface area contributed by atoms with Gasteiger partial charge in [-0.15, -0.1) is 0 Å². The highest BCUT2D eigenvalue weighted by Gasteiger charge is 2.39. The van der Waals surface area contributed by atoms with Crippen LogP contribution in [0.3, 0.4) is 0 Å². The van der Waals surface area contributed by atoms with Gasteiger partial charge in [0.25, 0.3) is 0 Å². The number of hydrogen-bond donors (Lipinski definition) is 2. The van der Waals surface area contributed by atoms with Gasteiger partial charge in [-0.25, -0.2) is 0 Å². The zero-order valence-corrected chi connectivity index (χ0v) is 18.5. The molecule has 0 spiro atoms. The molecule has 162 valence electrons. The maximum Gasteiger partial charge on any atom is 0.191 e. The van der Waals surface area contributed by atoms with Gasteiger partial charge in [0, 0.05) is 57.7 Å². The second kappa shape index (κ2) is 10.8. The van der Waals surface area contributed by atoms with Gasteiger partial charge < -0.3 is 20.3 Å². The van der Waals surface area contributed by atoms with Gasteiger partial charge in [0.2, 0.25) is 0 Å². The summed E-state index contributed by atoms with van der Waals surface area (Å²) in [6.45, 7) is 12.3. The molecule has 29 heavy (non-hydrogen) atoms. The molecule has 2 aliphatic heterocycles. The summed E-state index contributed by atoms with van der Waals surface area (Å²) in [6, 6.07) is 8.72. The Kier molecular flexibility index (Phi) is 8.19. The minimum atomic E-state index is 0.212. The molecule has 0 atom stereocenters. The van der Waals surface area contributed by atoms with Crippen LogP contribution in [0.1, 0.15) is 38.2 Å². The first kappa shape index (κ1) is 21.9. The van der Waals surface area contributed by atoms with E-state index >= 15 is 0 Å². The Morgan fingerprint density at radius 1 is 1.21 bits per heavy atom. The van der Waals surface area contributed by atoms with Crippen molar-refractivity contribution in [3.63, 3.8) is 0 Å². The Morgan fingerprint density at radius 2 is 1.97 bits per heavy atom. The molecule has 1 aromatic rings. The summed E-state index contributed by atoms with van der Waals surface area (Å²) in [5.74, 6) is 0.898. The van der Waals surface area contributed by atoms with Crippen LogP contribution in [0.5, 0.6) is 0 Å². The van der Waals surface area contributed by atoms with Crippen LogP contribution >= 0.6 is 0 Å². The highest BCUT2D eigenvalue weighted by atomic mass is 16.5. The Bertz CT molecular complexity index is 650. The van der Waals surface area contributed by atoms with Crippen molar-refractivity contribution in [2.75, 3.05) is 64.4 Å². The third kappa shape index (κ3) is 5.86. The van der Waals surface area contributed by atoms with Crippen molar-refractivity contribution in [3.05, 3.63) is 29.8 Å². The second-order valence-corrected chi connectivity index (χ2v) is 8.30. The molecule has 0 bridgehead atoms. The lowest BCUT2D eigenvalue weighted by Crippen LogP contribution is -2.58. The van der Waals surface area contributed by atoms with E-state index in [4.69, 9.17) is 4.74 Å². The fourth-order valence-electron chi connectivity index (χ4n) is 4.62. The maximum atomic E-state index is 5.67. The first-order chi connectivity index (χ1) is 14.2. The molecule has 2 aliphatic rings. The van der Waals surface area contributed by atoms with E-state index in [0.29, 0.717) is 0 Å². The van der Waals surface area contributed by atoms with Crippen LogP contribution in [0.15, 0.2) is 29.3 Å². The lowest BCUT2D eigenvalue weighted by Gasteiger charge is -2.45. The second-order valence-electron chi connectivity index (χ2n) is 8.30. The number of aliphatic imine (C=N–C) groups is 1. The van der Waals surface area contributed by atoms with Crippen LogP contribution in [0.25, 0.3) is 0 Å². The lowest BCUT2D eigenvalue weighted by molar-refractivity contribution is -0.0164. The maximum absolute atomic E-state index is 5.67. The molecule has 0 aromatic heterocycles. The Hall–Kier alpha value is -1.79. The molecular weight excluding hydrogens is 362 g/mol. The molecule has 3 rings (SSSR count). The van der Waals surface area contributed by atoms with Gasteiger partial charge in [-0.05, 0) is 70.3 Å². The molecule has 6 nitrogen and oxygen atoms in total. The van der Waals surface area contributed by atoms with Gasteiger partial charge in [-0.2, -0.15) is 0 Å². The largest absolute Gasteiger partial charge is 0.381 e. The summed E-state index contributed by atoms with van der Waals surface area (Å²) in [4.78, 5) is 9.55. The van der Waals surface area contributed by atoms with Gasteiger partial charge in [0.1, 0.15) is 0 Å². The predicted molar refractivity (Wildman–Crippen MR) is 122 cm³/mol. The zero-order chi connectivity index (χ0) is 20.5. The average molecular weight is 402 g/mol. The smallest absolute Gasteiger partial charge is 0.191 e. The van der Waals surface area contributed by atoms with E-state index in [9.17, 15) is 0 Å². The molecule has 0 saturated carbocycles. The molecule has 1 aromatic carbocycles. The first-order valence-corrected chi connectivity index (χ1v) is 11.3. The predicted octanol–water partition coefficient (Wildman–Crippen LogP) is 2.63. The summed E-state index contributed by atoms with van der Waals surface area (Å²) in [7, 11) is 1.86. The molecular formula is C23H39N5O. The topological polar surface area (TPSA) is 52.1 Å². The minimum absolute atomic E-state index is 0.212. The number of rotatable bonds is 8. The number of aryl methyl sites for hydroxylation is 1. The Labute approximate surface area is 176 Å². The molecule has 0 unspecified atom stereocenters. The third-order valence-electron chi connectivity index (χ3n) is 6.43. The monoisotopic (exact) mass is 401 g/mol. The van der Waals surface area contributed by atoms with Crippen LogP contribution in [-0.2, 0) is 4.74 Å². The van der Waals surface area contributed by atoms with Crippen molar-refractivity contribution in [1.82, 2.24) is 15.5 Å². The molecule has 0 aliphatic carbocycles.